The van der Waals surface area contributed by atoms with Gasteiger partial charge in [0.25, 0.3) is 0 Å². The first-order valence-corrected chi connectivity index (χ1v) is 6.46. The average molecular weight is 251 g/mol. The summed E-state index contributed by atoms with van der Waals surface area (Å²) in [6, 6.07) is -0.0630. The Bertz CT molecular complexity index is 257. The predicted molar refractivity (Wildman–Crippen MR) is 58.6 cm³/mol. The summed E-state index contributed by atoms with van der Waals surface area (Å²) in [5.74, 6) is 0.0496. The van der Waals surface area contributed by atoms with Crippen LogP contribution in [0.1, 0.15) is 38.5 Å². The molecule has 1 saturated carbocycles. The Morgan fingerprint density at radius 1 is 1.06 bits per heavy atom. The molecule has 0 aromatic carbocycles. The molecule has 1 aliphatic carbocycles. The molecule has 0 bridgehead atoms. The van der Waals surface area contributed by atoms with Crippen molar-refractivity contribution < 1.29 is 18.3 Å². The lowest BCUT2D eigenvalue weighted by atomic mass is 9.80. The van der Waals surface area contributed by atoms with E-state index in [-0.39, 0.29) is 12.0 Å². The maximum Gasteiger partial charge on any atom is 0.401 e. The molecule has 2 rings (SSSR count). The third-order valence-electron chi connectivity index (χ3n) is 4.07. The lowest BCUT2D eigenvalue weighted by Crippen LogP contribution is -2.45. The van der Waals surface area contributed by atoms with Gasteiger partial charge in [0.05, 0.1) is 12.6 Å². The molecule has 1 saturated heterocycles. The molecule has 1 N–H and O–H groups in total. The van der Waals surface area contributed by atoms with Crippen LogP contribution < -0.4 is 0 Å². The molecule has 0 aromatic heterocycles. The quantitative estimate of drug-likeness (QED) is 0.815. The van der Waals surface area contributed by atoms with Crippen LogP contribution in [-0.2, 0) is 0 Å². The van der Waals surface area contributed by atoms with E-state index in [9.17, 15) is 18.3 Å². The average Bonchev–Trinajstić information content (AvgIpc) is 2.64. The zero-order valence-corrected chi connectivity index (χ0v) is 9.92. The lowest BCUT2D eigenvalue weighted by Gasteiger charge is -2.37. The number of nitrogens with zero attached hydrogens (tertiary/aromatic N) is 1. The van der Waals surface area contributed by atoms with Crippen molar-refractivity contribution in [3.8, 4) is 0 Å². The van der Waals surface area contributed by atoms with Crippen LogP contribution in [0.4, 0.5) is 13.2 Å². The van der Waals surface area contributed by atoms with Gasteiger partial charge in [0.2, 0.25) is 0 Å². The van der Waals surface area contributed by atoms with Crippen molar-refractivity contribution >= 4 is 0 Å². The highest BCUT2D eigenvalue weighted by atomic mass is 19.4. The maximum absolute atomic E-state index is 12.4. The normalized spacial score (nSPS) is 36.4. The van der Waals surface area contributed by atoms with Crippen LogP contribution >= 0.6 is 0 Å². The molecule has 2 aliphatic rings. The first-order valence-electron chi connectivity index (χ1n) is 6.46. The molecule has 17 heavy (non-hydrogen) atoms. The van der Waals surface area contributed by atoms with E-state index >= 15 is 0 Å². The third kappa shape index (κ3) is 3.35. The Balaban J connectivity index is 1.98. The lowest BCUT2D eigenvalue weighted by molar-refractivity contribution is -0.152. The van der Waals surface area contributed by atoms with E-state index in [0.29, 0.717) is 6.54 Å². The van der Waals surface area contributed by atoms with Crippen molar-refractivity contribution in [3.63, 3.8) is 0 Å². The molecule has 2 fully saturated rings. The Kier molecular flexibility index (Phi) is 3.98. The largest absolute Gasteiger partial charge is 0.401 e. The molecule has 1 aliphatic heterocycles. The summed E-state index contributed by atoms with van der Waals surface area (Å²) in [6.07, 6.45) is 0.773. The van der Waals surface area contributed by atoms with Gasteiger partial charge in [-0.05, 0) is 32.2 Å². The van der Waals surface area contributed by atoms with E-state index in [1.54, 1.807) is 0 Å². The van der Waals surface area contributed by atoms with Gasteiger partial charge in [-0.2, -0.15) is 13.2 Å². The van der Waals surface area contributed by atoms with Gasteiger partial charge in [-0.3, -0.25) is 4.90 Å². The van der Waals surface area contributed by atoms with Gasteiger partial charge in [0.15, 0.2) is 0 Å². The second-order valence-corrected chi connectivity index (χ2v) is 5.31. The molecular weight excluding hydrogens is 231 g/mol. The molecule has 1 heterocycles. The fraction of sp³-hybridized carbons (Fsp3) is 1.00. The van der Waals surface area contributed by atoms with E-state index in [1.165, 1.54) is 4.90 Å². The molecule has 3 atom stereocenters. The fourth-order valence-corrected chi connectivity index (χ4v) is 3.35. The van der Waals surface area contributed by atoms with Crippen LogP contribution in [0.2, 0.25) is 0 Å². The molecule has 0 spiro atoms. The number of hydrogen-bond donors (Lipinski definition) is 1. The second kappa shape index (κ2) is 5.14. The van der Waals surface area contributed by atoms with Gasteiger partial charge in [0.1, 0.15) is 0 Å². The minimum absolute atomic E-state index is 0.0496. The van der Waals surface area contributed by atoms with E-state index < -0.39 is 18.8 Å². The van der Waals surface area contributed by atoms with Crippen molar-refractivity contribution in [3.05, 3.63) is 0 Å². The van der Waals surface area contributed by atoms with Crippen molar-refractivity contribution in [2.75, 3.05) is 13.1 Å². The minimum Gasteiger partial charge on any atom is -0.393 e. The van der Waals surface area contributed by atoms with Gasteiger partial charge in [-0.25, -0.2) is 0 Å². The SMILES string of the molecule is OC1CCCCC1C1CCCN1CC(F)(F)F. The summed E-state index contributed by atoms with van der Waals surface area (Å²) in [7, 11) is 0. The maximum atomic E-state index is 12.4. The van der Waals surface area contributed by atoms with Crippen LogP contribution in [0.3, 0.4) is 0 Å². The summed E-state index contributed by atoms with van der Waals surface area (Å²) in [5, 5.41) is 9.94. The van der Waals surface area contributed by atoms with Crippen molar-refractivity contribution in [1.82, 2.24) is 4.90 Å². The third-order valence-corrected chi connectivity index (χ3v) is 4.07. The first-order chi connectivity index (χ1) is 7.97. The van der Waals surface area contributed by atoms with Gasteiger partial charge in [-0.1, -0.05) is 12.8 Å². The van der Waals surface area contributed by atoms with Crippen LogP contribution in [0.15, 0.2) is 0 Å². The topological polar surface area (TPSA) is 23.5 Å². The molecular formula is C12H20F3NO. The highest BCUT2D eigenvalue weighted by Gasteiger charge is 2.41. The number of rotatable bonds is 2. The fourth-order valence-electron chi connectivity index (χ4n) is 3.35. The number of likely N-dealkylation sites (tertiary alicyclic amines) is 1. The van der Waals surface area contributed by atoms with E-state index in [2.05, 4.69) is 0 Å². The summed E-state index contributed by atoms with van der Waals surface area (Å²) in [6.45, 7) is -0.297. The standard InChI is InChI=1S/C12H20F3NO/c13-12(14,15)8-16-7-3-5-10(16)9-4-1-2-6-11(9)17/h9-11,17H,1-8H2. The van der Waals surface area contributed by atoms with Gasteiger partial charge in [0, 0.05) is 12.0 Å². The molecule has 0 aromatic rings. The van der Waals surface area contributed by atoms with Crippen molar-refractivity contribution in [2.24, 2.45) is 5.92 Å². The molecule has 0 amide bonds. The number of alkyl halides is 3. The van der Waals surface area contributed by atoms with Crippen LogP contribution in [0.5, 0.6) is 0 Å². The highest BCUT2D eigenvalue weighted by molar-refractivity contribution is 4.91. The van der Waals surface area contributed by atoms with Gasteiger partial charge < -0.3 is 5.11 Å². The summed E-state index contributed by atoms with van der Waals surface area (Å²) in [5.41, 5.74) is 0. The number of halogens is 3. The number of hydrogen-bond acceptors (Lipinski definition) is 2. The smallest absolute Gasteiger partial charge is 0.393 e. The second-order valence-electron chi connectivity index (χ2n) is 5.31. The summed E-state index contributed by atoms with van der Waals surface area (Å²) < 4.78 is 37.3. The molecule has 2 nitrogen and oxygen atoms in total. The number of aliphatic hydroxyl groups excluding tert-OH is 1. The highest BCUT2D eigenvalue weighted by Crippen LogP contribution is 2.35. The Hall–Kier alpha value is -0.290. The van der Waals surface area contributed by atoms with E-state index in [0.717, 1.165) is 38.5 Å². The van der Waals surface area contributed by atoms with Crippen LogP contribution in [0, 0.1) is 5.92 Å². The van der Waals surface area contributed by atoms with E-state index in [4.69, 9.17) is 0 Å². The first kappa shape index (κ1) is 13.1. The summed E-state index contributed by atoms with van der Waals surface area (Å²) in [4.78, 5) is 1.53. The molecule has 5 heteroatoms. The van der Waals surface area contributed by atoms with Crippen LogP contribution in [-0.4, -0.2) is 41.4 Å². The van der Waals surface area contributed by atoms with Crippen molar-refractivity contribution in [2.45, 2.75) is 56.8 Å². The molecule has 0 radical (unpaired) electrons. The molecule has 3 unspecified atom stereocenters. The monoisotopic (exact) mass is 251 g/mol. The van der Waals surface area contributed by atoms with E-state index in [1.807, 2.05) is 0 Å². The minimum atomic E-state index is -4.12. The number of aliphatic hydroxyl groups is 1. The molecule has 100 valence electrons. The van der Waals surface area contributed by atoms with Gasteiger partial charge >= 0.3 is 6.18 Å². The van der Waals surface area contributed by atoms with Crippen LogP contribution in [0.25, 0.3) is 0 Å². The summed E-state index contributed by atoms with van der Waals surface area (Å²) >= 11 is 0. The van der Waals surface area contributed by atoms with Crippen molar-refractivity contribution in [1.29, 1.82) is 0 Å². The Labute approximate surface area is 99.8 Å². The zero-order chi connectivity index (χ0) is 12.5. The zero-order valence-electron chi connectivity index (χ0n) is 9.92. The van der Waals surface area contributed by atoms with Gasteiger partial charge in [-0.15, -0.1) is 0 Å². The Morgan fingerprint density at radius 2 is 1.76 bits per heavy atom. The Morgan fingerprint density at radius 3 is 2.41 bits per heavy atom. The predicted octanol–water partition coefficient (Wildman–Crippen LogP) is 2.56.